The zero-order valence-corrected chi connectivity index (χ0v) is 18.4. The molecular formula is C23H23ClN2O3S. The number of halogens is 1. The summed E-state index contributed by atoms with van der Waals surface area (Å²) in [6.45, 7) is 2.07. The summed E-state index contributed by atoms with van der Waals surface area (Å²) in [6, 6.07) is 22.3. The fourth-order valence-electron chi connectivity index (χ4n) is 2.94. The first-order valence-electron chi connectivity index (χ1n) is 9.40. The van der Waals surface area contributed by atoms with Crippen molar-refractivity contribution in [2.24, 2.45) is 0 Å². The highest BCUT2D eigenvalue weighted by Gasteiger charge is 2.28. The molecule has 156 valence electrons. The van der Waals surface area contributed by atoms with Gasteiger partial charge in [0.1, 0.15) is 6.54 Å². The monoisotopic (exact) mass is 442 g/mol. The van der Waals surface area contributed by atoms with Gasteiger partial charge in [-0.3, -0.25) is 9.10 Å². The molecule has 0 saturated carbocycles. The molecule has 0 aliphatic carbocycles. The van der Waals surface area contributed by atoms with E-state index in [-0.39, 0.29) is 17.3 Å². The van der Waals surface area contributed by atoms with Crippen LogP contribution in [0.15, 0.2) is 83.8 Å². The Bertz CT molecular complexity index is 1100. The summed E-state index contributed by atoms with van der Waals surface area (Å²) >= 11 is 5.96. The van der Waals surface area contributed by atoms with Gasteiger partial charge in [-0.05, 0) is 48.9 Å². The van der Waals surface area contributed by atoms with Gasteiger partial charge in [0.25, 0.3) is 10.0 Å². The number of carbonyl (C=O) groups excluding carboxylic acids is 1. The Balaban J connectivity index is 1.87. The van der Waals surface area contributed by atoms with Crippen molar-refractivity contribution in [2.75, 3.05) is 17.9 Å². The van der Waals surface area contributed by atoms with Crippen LogP contribution in [0, 0.1) is 6.92 Å². The van der Waals surface area contributed by atoms with E-state index < -0.39 is 10.0 Å². The molecule has 1 amide bonds. The standard InChI is InChI=1S/C23H23ClN2O3S/c1-18-8-10-19(11-9-18)16-25(2)23(27)17-26(21-14-12-20(24)13-15-21)30(28,29)22-6-4-3-5-7-22/h3-15H,16-17H2,1-2H3. The molecule has 3 aromatic carbocycles. The van der Waals surface area contributed by atoms with Crippen LogP contribution >= 0.6 is 11.6 Å². The SMILES string of the molecule is Cc1ccc(CN(C)C(=O)CN(c2ccc(Cl)cc2)S(=O)(=O)c2ccccc2)cc1. The van der Waals surface area contributed by atoms with E-state index in [4.69, 9.17) is 11.6 Å². The van der Waals surface area contributed by atoms with Crippen LogP contribution in [0.5, 0.6) is 0 Å². The van der Waals surface area contributed by atoms with Gasteiger partial charge in [-0.25, -0.2) is 8.42 Å². The van der Waals surface area contributed by atoms with Crippen LogP contribution in [0.3, 0.4) is 0 Å². The van der Waals surface area contributed by atoms with Gasteiger partial charge in [0.15, 0.2) is 0 Å². The van der Waals surface area contributed by atoms with Gasteiger partial charge in [-0.1, -0.05) is 59.6 Å². The van der Waals surface area contributed by atoms with Crippen LogP contribution in [0.2, 0.25) is 5.02 Å². The van der Waals surface area contributed by atoms with Crippen LogP contribution in [0.1, 0.15) is 11.1 Å². The molecule has 30 heavy (non-hydrogen) atoms. The van der Waals surface area contributed by atoms with Crippen LogP contribution < -0.4 is 4.31 Å². The van der Waals surface area contributed by atoms with E-state index in [0.717, 1.165) is 15.4 Å². The highest BCUT2D eigenvalue weighted by molar-refractivity contribution is 7.92. The first kappa shape index (κ1) is 21.9. The second-order valence-corrected chi connectivity index (χ2v) is 9.34. The van der Waals surface area contributed by atoms with Gasteiger partial charge in [-0.2, -0.15) is 0 Å². The third-order valence-electron chi connectivity index (χ3n) is 4.69. The van der Waals surface area contributed by atoms with Crippen molar-refractivity contribution in [1.29, 1.82) is 0 Å². The molecule has 5 nitrogen and oxygen atoms in total. The van der Waals surface area contributed by atoms with E-state index in [1.165, 1.54) is 17.0 Å². The second-order valence-electron chi connectivity index (χ2n) is 7.04. The van der Waals surface area contributed by atoms with E-state index in [2.05, 4.69) is 0 Å². The zero-order chi connectivity index (χ0) is 21.7. The van der Waals surface area contributed by atoms with Crippen molar-refractivity contribution in [3.05, 3.63) is 95.0 Å². The minimum atomic E-state index is -3.93. The molecule has 0 spiro atoms. The molecular weight excluding hydrogens is 420 g/mol. The predicted octanol–water partition coefficient (Wildman–Crippen LogP) is 4.50. The van der Waals surface area contributed by atoms with Gasteiger partial charge in [-0.15, -0.1) is 0 Å². The molecule has 7 heteroatoms. The van der Waals surface area contributed by atoms with Gasteiger partial charge in [0.2, 0.25) is 5.91 Å². The molecule has 0 bridgehead atoms. The number of hydrogen-bond acceptors (Lipinski definition) is 3. The predicted molar refractivity (Wildman–Crippen MR) is 120 cm³/mol. The Labute approximate surface area is 182 Å². The second kappa shape index (κ2) is 9.32. The zero-order valence-electron chi connectivity index (χ0n) is 16.8. The maximum absolute atomic E-state index is 13.3. The lowest BCUT2D eigenvalue weighted by Crippen LogP contribution is -2.41. The molecule has 0 N–H and O–H groups in total. The lowest BCUT2D eigenvalue weighted by molar-refractivity contribution is -0.128. The maximum Gasteiger partial charge on any atom is 0.264 e. The van der Waals surface area contributed by atoms with Crippen molar-refractivity contribution in [1.82, 2.24) is 4.90 Å². The van der Waals surface area contributed by atoms with Gasteiger partial charge < -0.3 is 4.90 Å². The Morgan fingerprint density at radius 1 is 0.900 bits per heavy atom. The Morgan fingerprint density at radius 2 is 1.50 bits per heavy atom. The molecule has 0 heterocycles. The normalized spacial score (nSPS) is 11.2. The largest absolute Gasteiger partial charge is 0.340 e. The highest BCUT2D eigenvalue weighted by atomic mass is 35.5. The third kappa shape index (κ3) is 5.20. The Morgan fingerprint density at radius 3 is 2.10 bits per heavy atom. The summed E-state index contributed by atoms with van der Waals surface area (Å²) < 4.78 is 27.7. The smallest absolute Gasteiger partial charge is 0.264 e. The number of amides is 1. The molecule has 0 fully saturated rings. The minimum Gasteiger partial charge on any atom is -0.340 e. The molecule has 0 aliphatic rings. The molecule has 3 rings (SSSR count). The lowest BCUT2D eigenvalue weighted by Gasteiger charge is -2.27. The third-order valence-corrected chi connectivity index (χ3v) is 6.73. The summed E-state index contributed by atoms with van der Waals surface area (Å²) in [6.07, 6.45) is 0. The summed E-state index contributed by atoms with van der Waals surface area (Å²) in [5.41, 5.74) is 2.48. The van der Waals surface area contributed by atoms with E-state index in [1.54, 1.807) is 49.5 Å². The topological polar surface area (TPSA) is 57.7 Å². The van der Waals surface area contributed by atoms with Gasteiger partial charge in [0.05, 0.1) is 10.6 Å². The number of rotatable bonds is 7. The number of hydrogen-bond donors (Lipinski definition) is 0. The fourth-order valence-corrected chi connectivity index (χ4v) is 4.50. The minimum absolute atomic E-state index is 0.119. The van der Waals surface area contributed by atoms with Crippen molar-refractivity contribution in [3.63, 3.8) is 0 Å². The van der Waals surface area contributed by atoms with E-state index in [0.29, 0.717) is 17.3 Å². The first-order valence-corrected chi connectivity index (χ1v) is 11.2. The number of aryl methyl sites for hydroxylation is 1. The Hall–Kier alpha value is -2.83. The van der Waals surface area contributed by atoms with Crippen molar-refractivity contribution < 1.29 is 13.2 Å². The number of likely N-dealkylation sites (N-methyl/N-ethyl adjacent to an activating group) is 1. The number of anilines is 1. The maximum atomic E-state index is 13.3. The summed E-state index contributed by atoms with van der Waals surface area (Å²) in [5, 5.41) is 0.485. The van der Waals surface area contributed by atoms with Gasteiger partial charge in [0, 0.05) is 18.6 Å². The Kier molecular flexibility index (Phi) is 6.80. The molecule has 0 unspecified atom stereocenters. The summed E-state index contributed by atoms with van der Waals surface area (Å²) in [4.78, 5) is 14.6. The summed E-state index contributed by atoms with van der Waals surface area (Å²) in [7, 11) is -2.27. The molecule has 0 atom stereocenters. The van der Waals surface area contributed by atoms with E-state index >= 15 is 0 Å². The molecule has 0 aliphatic heterocycles. The number of nitrogens with zero attached hydrogens (tertiary/aromatic N) is 2. The molecule has 0 aromatic heterocycles. The summed E-state index contributed by atoms with van der Waals surface area (Å²) in [5.74, 6) is -0.315. The average Bonchev–Trinajstić information content (AvgIpc) is 2.74. The van der Waals surface area contributed by atoms with Crippen LogP contribution in [0.4, 0.5) is 5.69 Å². The molecule has 3 aromatic rings. The van der Waals surface area contributed by atoms with Crippen molar-refractivity contribution in [2.45, 2.75) is 18.4 Å². The average molecular weight is 443 g/mol. The van der Waals surface area contributed by atoms with E-state index in [1.807, 2.05) is 31.2 Å². The van der Waals surface area contributed by atoms with E-state index in [9.17, 15) is 13.2 Å². The number of sulfonamides is 1. The first-order chi connectivity index (χ1) is 14.3. The highest BCUT2D eigenvalue weighted by Crippen LogP contribution is 2.25. The van der Waals surface area contributed by atoms with Crippen molar-refractivity contribution >= 4 is 33.2 Å². The van der Waals surface area contributed by atoms with Crippen LogP contribution in [0.25, 0.3) is 0 Å². The number of carbonyl (C=O) groups is 1. The molecule has 0 radical (unpaired) electrons. The quantitative estimate of drug-likeness (QED) is 0.541. The van der Waals surface area contributed by atoms with Gasteiger partial charge >= 0.3 is 0 Å². The fraction of sp³-hybridized carbons (Fsp3) is 0.174. The molecule has 0 saturated heterocycles. The van der Waals surface area contributed by atoms with Crippen LogP contribution in [-0.2, 0) is 21.4 Å². The van der Waals surface area contributed by atoms with Crippen molar-refractivity contribution in [3.8, 4) is 0 Å². The number of benzene rings is 3. The lowest BCUT2D eigenvalue weighted by atomic mass is 10.1. The van der Waals surface area contributed by atoms with Crippen LogP contribution in [-0.4, -0.2) is 32.8 Å².